The van der Waals surface area contributed by atoms with Crippen LogP contribution in [0.2, 0.25) is 0 Å². The fraction of sp³-hybridized carbons (Fsp3) is 0.167. The smallest absolute Gasteiger partial charge is 0.354 e. The van der Waals surface area contributed by atoms with E-state index in [1.54, 1.807) is 6.92 Å². The Balaban J connectivity index is 2.50. The lowest BCUT2D eigenvalue weighted by Gasteiger charge is -2.10. The molecule has 1 aromatic heterocycles. The first-order chi connectivity index (χ1) is 8.91. The lowest BCUT2D eigenvalue weighted by molar-refractivity contribution is 0.0685. The van der Waals surface area contributed by atoms with E-state index in [-0.39, 0.29) is 22.3 Å². The quantitative estimate of drug-likeness (QED) is 0.880. The van der Waals surface area contributed by atoms with Crippen molar-refractivity contribution in [3.8, 4) is 0 Å². The topological polar surface area (TPSA) is 55.1 Å². The molecule has 7 heteroatoms. The van der Waals surface area contributed by atoms with Crippen LogP contribution in [0.25, 0.3) is 0 Å². The summed E-state index contributed by atoms with van der Waals surface area (Å²) in [6, 6.07) is 2.38. The first kappa shape index (κ1) is 13.7. The van der Waals surface area contributed by atoms with Crippen LogP contribution in [-0.4, -0.2) is 20.6 Å². The minimum Gasteiger partial charge on any atom is -0.477 e. The number of benzene rings is 1. The maximum absolute atomic E-state index is 13.9. The first-order valence-corrected chi connectivity index (χ1v) is 6.09. The third-order valence-corrected chi connectivity index (χ3v) is 3.34. The summed E-state index contributed by atoms with van der Waals surface area (Å²) in [7, 11) is 0. The summed E-state index contributed by atoms with van der Waals surface area (Å²) in [6.07, 6.45) is 1.16. The Morgan fingerprint density at radius 1 is 1.47 bits per heavy atom. The molecule has 2 aromatic rings. The van der Waals surface area contributed by atoms with Crippen LogP contribution in [0, 0.1) is 18.6 Å². The van der Waals surface area contributed by atoms with Gasteiger partial charge in [-0.15, -0.1) is 0 Å². The van der Waals surface area contributed by atoms with Gasteiger partial charge >= 0.3 is 5.97 Å². The summed E-state index contributed by atoms with van der Waals surface area (Å²) < 4.78 is 28.9. The third kappa shape index (κ3) is 2.51. The van der Waals surface area contributed by atoms with Crippen LogP contribution in [0.5, 0.6) is 0 Å². The normalized spacial score (nSPS) is 10.7. The van der Waals surface area contributed by atoms with E-state index in [1.165, 1.54) is 10.6 Å². The number of carboxylic acids is 1. The SMILES string of the molecule is Cc1ncc(C(=O)O)n1Cc1c(F)ccc(Br)c1F. The molecule has 0 saturated heterocycles. The van der Waals surface area contributed by atoms with E-state index in [9.17, 15) is 13.6 Å². The second-order valence-electron chi connectivity index (χ2n) is 3.90. The van der Waals surface area contributed by atoms with Gasteiger partial charge < -0.3 is 9.67 Å². The maximum atomic E-state index is 13.9. The number of aryl methyl sites for hydroxylation is 1. The number of hydrogen-bond donors (Lipinski definition) is 1. The minimum absolute atomic E-state index is 0.115. The molecule has 0 atom stereocenters. The Kier molecular flexibility index (Phi) is 3.66. The van der Waals surface area contributed by atoms with Crippen molar-refractivity contribution in [3.63, 3.8) is 0 Å². The van der Waals surface area contributed by atoms with Crippen molar-refractivity contribution in [2.75, 3.05) is 0 Å². The predicted octanol–water partition coefficient (Wildman–Crippen LogP) is 2.98. The molecule has 1 aromatic carbocycles. The molecule has 0 aliphatic heterocycles. The highest BCUT2D eigenvalue weighted by Gasteiger charge is 2.18. The van der Waals surface area contributed by atoms with E-state index in [0.717, 1.165) is 12.3 Å². The van der Waals surface area contributed by atoms with Crippen molar-refractivity contribution in [2.45, 2.75) is 13.5 Å². The van der Waals surface area contributed by atoms with E-state index in [4.69, 9.17) is 5.11 Å². The standard InChI is InChI=1S/C12H9BrF2N2O2/c1-6-16-4-10(12(18)19)17(6)5-7-9(14)3-2-8(13)11(7)15/h2-4H,5H2,1H3,(H,18,19). The predicted molar refractivity (Wildman–Crippen MR) is 67.1 cm³/mol. The van der Waals surface area contributed by atoms with Crippen LogP contribution < -0.4 is 0 Å². The van der Waals surface area contributed by atoms with E-state index in [0.29, 0.717) is 5.82 Å². The summed E-state index contributed by atoms with van der Waals surface area (Å²) in [5, 5.41) is 8.99. The van der Waals surface area contributed by atoms with Crippen LogP contribution in [0.1, 0.15) is 21.9 Å². The Morgan fingerprint density at radius 3 is 2.79 bits per heavy atom. The molecule has 2 rings (SSSR count). The molecule has 1 N–H and O–H groups in total. The molecule has 0 unspecified atom stereocenters. The Labute approximate surface area is 115 Å². The van der Waals surface area contributed by atoms with Gasteiger partial charge in [0.15, 0.2) is 0 Å². The van der Waals surface area contributed by atoms with Crippen LogP contribution >= 0.6 is 15.9 Å². The van der Waals surface area contributed by atoms with Gasteiger partial charge in [0.2, 0.25) is 0 Å². The van der Waals surface area contributed by atoms with E-state index in [2.05, 4.69) is 20.9 Å². The zero-order valence-electron chi connectivity index (χ0n) is 9.82. The maximum Gasteiger partial charge on any atom is 0.354 e. The highest BCUT2D eigenvalue weighted by Crippen LogP contribution is 2.23. The molecule has 0 fully saturated rings. The number of carboxylic acid groups (broad SMARTS) is 1. The van der Waals surface area contributed by atoms with Gasteiger partial charge in [0.1, 0.15) is 23.2 Å². The number of hydrogen-bond acceptors (Lipinski definition) is 2. The van der Waals surface area contributed by atoms with Crippen LogP contribution in [-0.2, 0) is 6.54 Å². The fourth-order valence-corrected chi connectivity index (χ4v) is 2.08. The highest BCUT2D eigenvalue weighted by atomic mass is 79.9. The Bertz CT molecular complexity index is 655. The zero-order valence-corrected chi connectivity index (χ0v) is 11.4. The molecule has 0 radical (unpaired) electrons. The summed E-state index contributed by atoms with van der Waals surface area (Å²) in [5.41, 5.74) is -0.325. The van der Waals surface area contributed by atoms with Crippen molar-refractivity contribution in [1.82, 2.24) is 9.55 Å². The van der Waals surface area contributed by atoms with Gasteiger partial charge in [0.05, 0.1) is 17.2 Å². The summed E-state index contributed by atoms with van der Waals surface area (Å²) in [5.74, 6) is -2.30. The van der Waals surface area contributed by atoms with Gasteiger partial charge in [-0.1, -0.05) is 0 Å². The lowest BCUT2D eigenvalue weighted by atomic mass is 10.2. The average molecular weight is 331 g/mol. The fourth-order valence-electron chi connectivity index (χ4n) is 1.71. The van der Waals surface area contributed by atoms with Gasteiger partial charge in [0.25, 0.3) is 0 Å². The van der Waals surface area contributed by atoms with Crippen molar-refractivity contribution in [3.05, 3.63) is 51.5 Å². The summed E-state index contributed by atoms with van der Waals surface area (Å²) in [4.78, 5) is 14.8. The molecule has 0 spiro atoms. The zero-order chi connectivity index (χ0) is 14.2. The molecule has 0 saturated carbocycles. The number of rotatable bonds is 3. The molecular formula is C12H9BrF2N2O2. The van der Waals surface area contributed by atoms with Crippen molar-refractivity contribution in [1.29, 1.82) is 0 Å². The van der Waals surface area contributed by atoms with E-state index < -0.39 is 17.6 Å². The van der Waals surface area contributed by atoms with Gasteiger partial charge in [-0.3, -0.25) is 0 Å². The number of halogens is 3. The van der Waals surface area contributed by atoms with E-state index >= 15 is 0 Å². The van der Waals surface area contributed by atoms with Crippen LogP contribution in [0.3, 0.4) is 0 Å². The highest BCUT2D eigenvalue weighted by molar-refractivity contribution is 9.10. The lowest BCUT2D eigenvalue weighted by Crippen LogP contribution is -2.13. The van der Waals surface area contributed by atoms with Gasteiger partial charge in [-0.05, 0) is 35.0 Å². The summed E-state index contributed by atoms with van der Waals surface area (Å²) in [6.45, 7) is 1.34. The first-order valence-electron chi connectivity index (χ1n) is 5.29. The number of imidazole rings is 1. The Morgan fingerprint density at radius 2 is 2.16 bits per heavy atom. The average Bonchev–Trinajstić information content (AvgIpc) is 2.71. The second-order valence-corrected chi connectivity index (χ2v) is 4.76. The van der Waals surface area contributed by atoms with Gasteiger partial charge in [0, 0.05) is 5.56 Å². The van der Waals surface area contributed by atoms with Crippen LogP contribution in [0.4, 0.5) is 8.78 Å². The number of carbonyl (C=O) groups is 1. The molecule has 100 valence electrons. The number of nitrogens with zero attached hydrogens (tertiary/aromatic N) is 2. The largest absolute Gasteiger partial charge is 0.477 e. The monoisotopic (exact) mass is 330 g/mol. The molecule has 0 amide bonds. The molecule has 0 bridgehead atoms. The molecule has 0 aliphatic rings. The molecule has 0 aliphatic carbocycles. The van der Waals surface area contributed by atoms with Crippen molar-refractivity contribution < 1.29 is 18.7 Å². The molecule has 1 heterocycles. The molecule has 19 heavy (non-hydrogen) atoms. The van der Waals surface area contributed by atoms with Crippen molar-refractivity contribution in [2.24, 2.45) is 0 Å². The molecular weight excluding hydrogens is 322 g/mol. The summed E-state index contributed by atoms with van der Waals surface area (Å²) >= 11 is 2.97. The van der Waals surface area contributed by atoms with E-state index in [1.807, 2.05) is 0 Å². The Hall–Kier alpha value is -1.76. The number of aromatic nitrogens is 2. The number of aromatic carboxylic acids is 1. The third-order valence-electron chi connectivity index (χ3n) is 2.73. The van der Waals surface area contributed by atoms with Gasteiger partial charge in [-0.2, -0.15) is 0 Å². The molecule has 4 nitrogen and oxygen atoms in total. The van der Waals surface area contributed by atoms with Crippen LogP contribution in [0.15, 0.2) is 22.8 Å². The van der Waals surface area contributed by atoms with Crippen molar-refractivity contribution >= 4 is 21.9 Å². The van der Waals surface area contributed by atoms with Gasteiger partial charge in [-0.25, -0.2) is 18.6 Å². The second kappa shape index (κ2) is 5.08. The minimum atomic E-state index is -1.20.